The van der Waals surface area contributed by atoms with Gasteiger partial charge in [0.05, 0.1) is 12.8 Å². The zero-order valence-electron chi connectivity index (χ0n) is 14.8. The van der Waals surface area contributed by atoms with Crippen molar-refractivity contribution in [3.8, 4) is 5.75 Å². The van der Waals surface area contributed by atoms with E-state index < -0.39 is 0 Å². The molecule has 2 aromatic heterocycles. The standard InChI is InChI=1S/C20H20N2O4/c1-14-3-9-18-21-16(11-19(23)22(18)12-14)13-26-20(24)10-6-15-4-7-17(25-2)8-5-15/h3-5,7-9,11-12H,6,10,13H2,1-2H3. The first kappa shape index (κ1) is 17.7. The maximum atomic E-state index is 12.1. The molecule has 3 rings (SSSR count). The highest BCUT2D eigenvalue weighted by atomic mass is 16.5. The van der Waals surface area contributed by atoms with E-state index in [1.807, 2.05) is 37.3 Å². The number of carbonyl (C=O) groups is 1. The minimum Gasteiger partial charge on any atom is -0.497 e. The number of carbonyl (C=O) groups excluding carboxylic acids is 1. The molecule has 0 N–H and O–H groups in total. The molecule has 0 aliphatic rings. The molecule has 0 bridgehead atoms. The molecule has 6 heteroatoms. The smallest absolute Gasteiger partial charge is 0.306 e. The minimum absolute atomic E-state index is 0.0128. The van der Waals surface area contributed by atoms with Crippen molar-refractivity contribution in [2.24, 2.45) is 0 Å². The predicted molar refractivity (Wildman–Crippen MR) is 97.3 cm³/mol. The normalized spacial score (nSPS) is 10.7. The number of aryl methyl sites for hydroxylation is 2. The van der Waals surface area contributed by atoms with Crippen LogP contribution in [0.15, 0.2) is 53.5 Å². The van der Waals surface area contributed by atoms with Crippen molar-refractivity contribution in [2.75, 3.05) is 7.11 Å². The van der Waals surface area contributed by atoms with Crippen LogP contribution < -0.4 is 10.3 Å². The van der Waals surface area contributed by atoms with E-state index in [1.165, 1.54) is 10.5 Å². The van der Waals surface area contributed by atoms with E-state index in [-0.39, 0.29) is 24.6 Å². The lowest BCUT2D eigenvalue weighted by Crippen LogP contribution is -2.17. The van der Waals surface area contributed by atoms with Crippen molar-refractivity contribution in [3.05, 3.63) is 75.8 Å². The molecule has 0 amide bonds. The maximum absolute atomic E-state index is 12.1. The van der Waals surface area contributed by atoms with E-state index in [9.17, 15) is 9.59 Å². The number of nitrogens with zero attached hydrogens (tertiary/aromatic N) is 2. The van der Waals surface area contributed by atoms with Gasteiger partial charge in [-0.25, -0.2) is 4.98 Å². The summed E-state index contributed by atoms with van der Waals surface area (Å²) in [6, 6.07) is 12.6. The van der Waals surface area contributed by atoms with Gasteiger partial charge in [-0.1, -0.05) is 18.2 Å². The summed E-state index contributed by atoms with van der Waals surface area (Å²) in [6.45, 7) is 1.89. The molecule has 0 aliphatic carbocycles. The highest BCUT2D eigenvalue weighted by Crippen LogP contribution is 2.13. The van der Waals surface area contributed by atoms with Gasteiger partial charge in [0.25, 0.3) is 5.56 Å². The Morgan fingerprint density at radius 2 is 1.92 bits per heavy atom. The fourth-order valence-corrected chi connectivity index (χ4v) is 2.60. The number of esters is 1. The highest BCUT2D eigenvalue weighted by molar-refractivity contribution is 5.69. The van der Waals surface area contributed by atoms with Crippen molar-refractivity contribution in [2.45, 2.75) is 26.4 Å². The molecule has 0 saturated carbocycles. The lowest BCUT2D eigenvalue weighted by Gasteiger charge is -2.07. The second-order valence-electron chi connectivity index (χ2n) is 6.03. The average Bonchev–Trinajstić information content (AvgIpc) is 2.65. The van der Waals surface area contributed by atoms with Gasteiger partial charge in [-0.3, -0.25) is 14.0 Å². The van der Waals surface area contributed by atoms with E-state index in [1.54, 1.807) is 19.4 Å². The van der Waals surface area contributed by atoms with Gasteiger partial charge in [0.15, 0.2) is 0 Å². The Bertz CT molecular complexity index is 977. The lowest BCUT2D eigenvalue weighted by atomic mass is 10.1. The molecular formula is C20H20N2O4. The van der Waals surface area contributed by atoms with E-state index in [2.05, 4.69) is 4.98 Å². The van der Waals surface area contributed by atoms with Crippen LogP contribution in [-0.4, -0.2) is 22.5 Å². The molecule has 0 saturated heterocycles. The summed E-state index contributed by atoms with van der Waals surface area (Å²) in [4.78, 5) is 28.4. The van der Waals surface area contributed by atoms with Crippen LogP contribution in [-0.2, 0) is 22.6 Å². The van der Waals surface area contributed by atoms with E-state index in [0.29, 0.717) is 17.8 Å². The summed E-state index contributed by atoms with van der Waals surface area (Å²) in [6.07, 6.45) is 2.57. The molecule has 0 atom stereocenters. The Hall–Kier alpha value is -3.15. The molecule has 1 aromatic carbocycles. The van der Waals surface area contributed by atoms with E-state index >= 15 is 0 Å². The van der Waals surface area contributed by atoms with Crippen molar-refractivity contribution in [3.63, 3.8) is 0 Å². The number of rotatable bonds is 6. The molecule has 0 fully saturated rings. The minimum atomic E-state index is -0.327. The Labute approximate surface area is 151 Å². The van der Waals surface area contributed by atoms with Crippen LogP contribution in [0.5, 0.6) is 5.75 Å². The van der Waals surface area contributed by atoms with E-state index in [0.717, 1.165) is 16.9 Å². The number of aromatic nitrogens is 2. The number of methoxy groups -OCH3 is 1. The Kier molecular flexibility index (Phi) is 5.31. The molecule has 0 aliphatic heterocycles. The van der Waals surface area contributed by atoms with Gasteiger partial charge < -0.3 is 9.47 Å². The molecule has 134 valence electrons. The Morgan fingerprint density at radius 1 is 1.15 bits per heavy atom. The Morgan fingerprint density at radius 3 is 2.65 bits per heavy atom. The predicted octanol–water partition coefficient (Wildman–Crippen LogP) is 2.69. The third-order valence-corrected chi connectivity index (χ3v) is 4.02. The lowest BCUT2D eigenvalue weighted by molar-refractivity contribution is -0.145. The number of hydrogen-bond donors (Lipinski definition) is 0. The topological polar surface area (TPSA) is 69.9 Å². The third kappa shape index (κ3) is 4.27. The molecular weight excluding hydrogens is 332 g/mol. The first-order chi connectivity index (χ1) is 12.5. The van der Waals surface area contributed by atoms with Crippen LogP contribution in [0.2, 0.25) is 0 Å². The van der Waals surface area contributed by atoms with Gasteiger partial charge in [0.2, 0.25) is 0 Å². The zero-order chi connectivity index (χ0) is 18.5. The summed E-state index contributed by atoms with van der Waals surface area (Å²) in [5, 5.41) is 0. The molecule has 0 radical (unpaired) electrons. The summed E-state index contributed by atoms with van der Waals surface area (Å²) in [7, 11) is 1.61. The zero-order valence-corrected chi connectivity index (χ0v) is 14.8. The molecule has 3 aromatic rings. The van der Waals surface area contributed by atoms with Crippen LogP contribution in [0.4, 0.5) is 0 Å². The quantitative estimate of drug-likeness (QED) is 0.638. The maximum Gasteiger partial charge on any atom is 0.306 e. The van der Waals surface area contributed by atoms with Crippen molar-refractivity contribution >= 4 is 11.6 Å². The van der Waals surface area contributed by atoms with Crippen LogP contribution in [0.25, 0.3) is 5.65 Å². The van der Waals surface area contributed by atoms with Gasteiger partial charge in [-0.15, -0.1) is 0 Å². The largest absolute Gasteiger partial charge is 0.497 e. The van der Waals surface area contributed by atoms with Crippen LogP contribution in [0, 0.1) is 6.92 Å². The molecule has 26 heavy (non-hydrogen) atoms. The van der Waals surface area contributed by atoms with Crippen molar-refractivity contribution < 1.29 is 14.3 Å². The number of hydrogen-bond acceptors (Lipinski definition) is 5. The van der Waals surface area contributed by atoms with Crippen molar-refractivity contribution in [1.82, 2.24) is 9.38 Å². The number of pyridine rings is 1. The van der Waals surface area contributed by atoms with Gasteiger partial charge in [0.1, 0.15) is 18.0 Å². The summed E-state index contributed by atoms with van der Waals surface area (Å²) < 4.78 is 11.8. The second kappa shape index (κ2) is 7.82. The van der Waals surface area contributed by atoms with E-state index in [4.69, 9.17) is 9.47 Å². The second-order valence-corrected chi connectivity index (χ2v) is 6.03. The average molecular weight is 352 g/mol. The number of fused-ring (bicyclic) bond motifs is 1. The summed E-state index contributed by atoms with van der Waals surface area (Å²) in [5.41, 5.74) is 2.78. The number of benzene rings is 1. The van der Waals surface area contributed by atoms with Gasteiger partial charge in [-0.05, 0) is 42.7 Å². The molecule has 0 spiro atoms. The summed E-state index contributed by atoms with van der Waals surface area (Å²) in [5.74, 6) is 0.451. The summed E-state index contributed by atoms with van der Waals surface area (Å²) >= 11 is 0. The van der Waals surface area contributed by atoms with Crippen LogP contribution >= 0.6 is 0 Å². The Balaban J connectivity index is 1.58. The third-order valence-electron chi connectivity index (χ3n) is 4.02. The monoisotopic (exact) mass is 352 g/mol. The number of ether oxygens (including phenoxy) is 2. The van der Waals surface area contributed by atoms with Gasteiger partial charge >= 0.3 is 5.97 Å². The van der Waals surface area contributed by atoms with Crippen LogP contribution in [0.3, 0.4) is 0 Å². The highest BCUT2D eigenvalue weighted by Gasteiger charge is 2.08. The SMILES string of the molecule is COc1ccc(CCC(=O)OCc2cc(=O)n3cc(C)ccc3n2)cc1. The first-order valence-corrected chi connectivity index (χ1v) is 8.32. The molecule has 2 heterocycles. The van der Waals surface area contributed by atoms with Gasteiger partial charge in [-0.2, -0.15) is 0 Å². The fraction of sp³-hybridized carbons (Fsp3) is 0.250. The van der Waals surface area contributed by atoms with Gasteiger partial charge in [0, 0.05) is 18.7 Å². The molecule has 6 nitrogen and oxygen atoms in total. The first-order valence-electron chi connectivity index (χ1n) is 8.32. The van der Waals surface area contributed by atoms with Crippen molar-refractivity contribution in [1.29, 1.82) is 0 Å². The molecule has 0 unspecified atom stereocenters. The van der Waals surface area contributed by atoms with Crippen LogP contribution in [0.1, 0.15) is 23.2 Å². The fourth-order valence-electron chi connectivity index (χ4n) is 2.60.